The molecule has 5 nitrogen and oxygen atoms in total. The fraction of sp³-hybridized carbons (Fsp3) is 0.545. The summed E-state index contributed by atoms with van der Waals surface area (Å²) in [5.74, 6) is -0.447. The third kappa shape index (κ3) is 3.01. The average Bonchev–Trinajstić information content (AvgIpc) is 2.85. The smallest absolute Gasteiger partial charge is 0.308 e. The zero-order chi connectivity index (χ0) is 14.0. The van der Waals surface area contributed by atoms with Crippen molar-refractivity contribution in [3.63, 3.8) is 0 Å². The first-order chi connectivity index (χ1) is 8.96. The van der Waals surface area contributed by atoms with Crippen LogP contribution < -0.4 is 0 Å². The van der Waals surface area contributed by atoms with E-state index >= 15 is 0 Å². The first-order valence-corrected chi connectivity index (χ1v) is 8.89. The molecule has 0 aromatic carbocycles. The summed E-state index contributed by atoms with van der Waals surface area (Å²) in [5.41, 5.74) is 0. The predicted octanol–water partition coefficient (Wildman–Crippen LogP) is 2.08. The van der Waals surface area contributed by atoms with E-state index < -0.39 is 10.0 Å². The van der Waals surface area contributed by atoms with E-state index in [4.69, 9.17) is 0 Å². The molecule has 0 unspecified atom stereocenters. The molecule has 1 fully saturated rings. The maximum atomic E-state index is 12.4. The summed E-state index contributed by atoms with van der Waals surface area (Å²) in [5, 5.41) is 1.73. The molecule has 0 amide bonds. The van der Waals surface area contributed by atoms with Gasteiger partial charge < -0.3 is 4.74 Å². The highest BCUT2D eigenvalue weighted by Crippen LogP contribution is 2.32. The van der Waals surface area contributed by atoms with Crippen molar-refractivity contribution in [2.75, 3.05) is 20.2 Å². The van der Waals surface area contributed by atoms with Gasteiger partial charge in [-0.15, -0.1) is 11.3 Å². The number of nitrogens with zero attached hydrogens (tertiary/aromatic N) is 1. The van der Waals surface area contributed by atoms with E-state index in [9.17, 15) is 13.2 Å². The molecule has 1 aromatic heterocycles. The summed E-state index contributed by atoms with van der Waals surface area (Å²) >= 11 is 4.44. The van der Waals surface area contributed by atoms with Gasteiger partial charge in [0.25, 0.3) is 10.0 Å². The van der Waals surface area contributed by atoms with Crippen LogP contribution >= 0.6 is 27.3 Å². The quantitative estimate of drug-likeness (QED) is 0.767. The number of rotatable bonds is 3. The van der Waals surface area contributed by atoms with Crippen LogP contribution in [-0.4, -0.2) is 38.9 Å². The van der Waals surface area contributed by atoms with Crippen LogP contribution in [0.3, 0.4) is 0 Å². The van der Waals surface area contributed by atoms with Crippen LogP contribution in [0.4, 0.5) is 0 Å². The second-order valence-corrected chi connectivity index (χ2v) is 8.16. The summed E-state index contributed by atoms with van der Waals surface area (Å²) in [6, 6.07) is 1.72. The Morgan fingerprint density at radius 2 is 2.11 bits per heavy atom. The van der Waals surface area contributed by atoms with Crippen LogP contribution in [0.15, 0.2) is 20.1 Å². The van der Waals surface area contributed by atoms with Crippen molar-refractivity contribution in [2.24, 2.45) is 5.92 Å². The minimum Gasteiger partial charge on any atom is -0.469 e. The molecule has 8 heteroatoms. The van der Waals surface area contributed by atoms with Crippen LogP contribution in [0.2, 0.25) is 0 Å². The van der Waals surface area contributed by atoms with E-state index in [1.54, 1.807) is 11.4 Å². The molecule has 0 spiro atoms. The number of thiophene rings is 1. The molecule has 0 saturated carbocycles. The van der Waals surface area contributed by atoms with Crippen molar-refractivity contribution in [3.05, 3.63) is 15.9 Å². The minimum atomic E-state index is -3.45. The Kier molecular flexibility index (Phi) is 4.65. The maximum absolute atomic E-state index is 12.4. The normalized spacial score (nSPS) is 18.4. The van der Waals surface area contributed by atoms with E-state index in [2.05, 4.69) is 20.7 Å². The van der Waals surface area contributed by atoms with Crippen LogP contribution in [0.25, 0.3) is 0 Å². The van der Waals surface area contributed by atoms with Gasteiger partial charge in [-0.25, -0.2) is 8.42 Å². The Bertz CT molecular complexity index is 561. The van der Waals surface area contributed by atoms with Crippen LogP contribution in [0.5, 0.6) is 0 Å². The number of piperidine rings is 1. The zero-order valence-electron chi connectivity index (χ0n) is 10.3. The van der Waals surface area contributed by atoms with Crippen molar-refractivity contribution in [3.8, 4) is 0 Å². The fourth-order valence-corrected chi connectivity index (χ4v) is 6.00. The van der Waals surface area contributed by atoms with Gasteiger partial charge in [0, 0.05) is 17.6 Å². The zero-order valence-corrected chi connectivity index (χ0v) is 13.6. The Balaban J connectivity index is 2.10. The first-order valence-electron chi connectivity index (χ1n) is 5.77. The molecule has 1 saturated heterocycles. The van der Waals surface area contributed by atoms with Gasteiger partial charge in [0.05, 0.1) is 13.0 Å². The topological polar surface area (TPSA) is 63.7 Å². The number of ether oxygens (including phenoxy) is 1. The van der Waals surface area contributed by atoms with E-state index in [0.717, 1.165) is 0 Å². The lowest BCUT2D eigenvalue weighted by Crippen LogP contribution is -2.40. The highest BCUT2D eigenvalue weighted by atomic mass is 79.9. The van der Waals surface area contributed by atoms with Crippen molar-refractivity contribution >= 4 is 43.3 Å². The monoisotopic (exact) mass is 367 g/mol. The number of carbonyl (C=O) groups is 1. The number of hydrogen-bond acceptors (Lipinski definition) is 5. The first kappa shape index (κ1) is 15.0. The largest absolute Gasteiger partial charge is 0.469 e. The molecule has 0 bridgehead atoms. The molecule has 106 valence electrons. The second kappa shape index (κ2) is 5.90. The number of methoxy groups -OCH3 is 1. The van der Waals surface area contributed by atoms with E-state index in [-0.39, 0.29) is 11.9 Å². The van der Waals surface area contributed by atoms with Gasteiger partial charge in [0.15, 0.2) is 0 Å². The SMILES string of the molecule is COC(=O)C1CCN(S(=O)(=O)c2sccc2Br)CC1. The molecule has 2 heterocycles. The molecule has 0 aliphatic carbocycles. The lowest BCUT2D eigenvalue weighted by Gasteiger charge is -2.29. The Morgan fingerprint density at radius 3 is 2.58 bits per heavy atom. The molecular weight excluding hydrogens is 354 g/mol. The standard InChI is InChI=1S/C11H14BrNO4S2/c1-17-10(14)8-2-5-13(6-3-8)19(15,16)11-9(12)4-7-18-11/h4,7-8H,2-3,5-6H2,1H3. The number of hydrogen-bond donors (Lipinski definition) is 0. The van der Waals surface area contributed by atoms with Gasteiger partial charge in [0.2, 0.25) is 0 Å². The molecule has 0 N–H and O–H groups in total. The van der Waals surface area contributed by atoms with E-state index in [1.165, 1.54) is 22.8 Å². The van der Waals surface area contributed by atoms with Crippen molar-refractivity contribution < 1.29 is 17.9 Å². The number of halogens is 1. The summed E-state index contributed by atoms with van der Waals surface area (Å²) < 4.78 is 31.8. The molecule has 2 rings (SSSR count). The maximum Gasteiger partial charge on any atom is 0.308 e. The molecule has 1 aromatic rings. The average molecular weight is 368 g/mol. The van der Waals surface area contributed by atoms with Crippen LogP contribution in [-0.2, 0) is 19.6 Å². The lowest BCUT2D eigenvalue weighted by molar-refractivity contribution is -0.146. The van der Waals surface area contributed by atoms with E-state index in [0.29, 0.717) is 34.6 Å². The van der Waals surface area contributed by atoms with Crippen molar-refractivity contribution in [1.29, 1.82) is 0 Å². The summed E-state index contributed by atoms with van der Waals surface area (Å²) in [7, 11) is -2.10. The number of carbonyl (C=O) groups excluding carboxylic acids is 1. The summed E-state index contributed by atoms with van der Waals surface area (Å²) in [6.45, 7) is 0.707. The highest BCUT2D eigenvalue weighted by molar-refractivity contribution is 9.10. The van der Waals surface area contributed by atoms with Gasteiger partial charge >= 0.3 is 5.97 Å². The third-order valence-corrected chi connectivity index (χ3v) is 7.69. The molecule has 19 heavy (non-hydrogen) atoms. The lowest BCUT2D eigenvalue weighted by atomic mass is 9.99. The number of esters is 1. The van der Waals surface area contributed by atoms with Gasteiger partial charge in [-0.2, -0.15) is 4.31 Å². The van der Waals surface area contributed by atoms with Gasteiger partial charge in [-0.1, -0.05) is 0 Å². The minimum absolute atomic E-state index is 0.191. The predicted molar refractivity (Wildman–Crippen MR) is 75.5 cm³/mol. The molecular formula is C11H14BrNO4S2. The van der Waals surface area contributed by atoms with Gasteiger partial charge in [-0.3, -0.25) is 4.79 Å². The molecule has 1 aliphatic heterocycles. The van der Waals surface area contributed by atoms with E-state index in [1.807, 2.05) is 0 Å². The molecule has 0 atom stereocenters. The van der Waals surface area contributed by atoms with Gasteiger partial charge in [0.1, 0.15) is 4.21 Å². The van der Waals surface area contributed by atoms with Gasteiger partial charge in [-0.05, 0) is 40.2 Å². The molecule has 0 radical (unpaired) electrons. The highest BCUT2D eigenvalue weighted by Gasteiger charge is 2.33. The van der Waals surface area contributed by atoms with Crippen LogP contribution in [0, 0.1) is 5.92 Å². The summed E-state index contributed by atoms with van der Waals surface area (Å²) in [6.07, 6.45) is 1.02. The second-order valence-electron chi connectivity index (χ2n) is 4.26. The van der Waals surface area contributed by atoms with Crippen LogP contribution in [0.1, 0.15) is 12.8 Å². The Hall–Kier alpha value is -0.440. The fourth-order valence-electron chi connectivity index (χ4n) is 2.08. The number of sulfonamides is 1. The Morgan fingerprint density at radius 1 is 1.47 bits per heavy atom. The summed E-state index contributed by atoms with van der Waals surface area (Å²) in [4.78, 5) is 11.4. The molecule has 1 aliphatic rings. The Labute approximate surface area is 124 Å². The van der Waals surface area contributed by atoms with Crippen molar-refractivity contribution in [2.45, 2.75) is 17.1 Å². The van der Waals surface area contributed by atoms with Crippen molar-refractivity contribution in [1.82, 2.24) is 4.31 Å². The third-order valence-electron chi connectivity index (χ3n) is 3.15.